The molecule has 0 saturated heterocycles. The lowest BCUT2D eigenvalue weighted by Gasteiger charge is -2.11. The Morgan fingerprint density at radius 1 is 1.22 bits per heavy atom. The Labute approximate surface area is 132 Å². The molecule has 2 aromatic rings. The van der Waals surface area contributed by atoms with Crippen molar-refractivity contribution in [2.75, 3.05) is 0 Å². The van der Waals surface area contributed by atoms with Crippen molar-refractivity contribution in [1.29, 1.82) is 0 Å². The highest BCUT2D eigenvalue weighted by atomic mass is 16.5. The van der Waals surface area contributed by atoms with Crippen LogP contribution in [0.1, 0.15) is 41.9 Å². The van der Waals surface area contributed by atoms with E-state index in [1.807, 2.05) is 0 Å². The fourth-order valence-corrected chi connectivity index (χ4v) is 3.32. The maximum absolute atomic E-state index is 12.4. The molecule has 6 nitrogen and oxygen atoms in total. The van der Waals surface area contributed by atoms with Gasteiger partial charge in [-0.25, -0.2) is 9.78 Å². The molecule has 118 valence electrons. The van der Waals surface area contributed by atoms with Crippen LogP contribution in [-0.4, -0.2) is 27.4 Å². The maximum atomic E-state index is 12.4. The van der Waals surface area contributed by atoms with Crippen LogP contribution in [-0.2, 0) is 22.5 Å². The number of Topliss-reactive ketones (excluding diaryl/α,β-unsaturated/α-hetero) is 1. The van der Waals surface area contributed by atoms with Crippen LogP contribution in [0.5, 0.6) is 0 Å². The van der Waals surface area contributed by atoms with E-state index >= 15 is 0 Å². The Hall–Kier alpha value is -2.50. The summed E-state index contributed by atoms with van der Waals surface area (Å²) in [7, 11) is 0. The molecular weight excluding hydrogens is 296 g/mol. The van der Waals surface area contributed by atoms with E-state index in [1.54, 1.807) is 22.8 Å². The molecule has 1 aromatic heterocycles. The molecule has 0 N–H and O–H groups in total. The van der Waals surface area contributed by atoms with Gasteiger partial charge in [-0.15, -0.1) is 0 Å². The highest BCUT2D eigenvalue weighted by Gasteiger charge is 2.28. The first-order chi connectivity index (χ1) is 11.1. The number of benzene rings is 1. The van der Waals surface area contributed by atoms with Gasteiger partial charge in [0.25, 0.3) is 5.56 Å². The van der Waals surface area contributed by atoms with Crippen LogP contribution < -0.4 is 5.56 Å². The summed E-state index contributed by atoms with van der Waals surface area (Å²) in [5, 5.41) is 0.504. The van der Waals surface area contributed by atoms with Gasteiger partial charge in [0, 0.05) is 19.4 Å². The van der Waals surface area contributed by atoms with Crippen LogP contribution in [0.25, 0.3) is 10.9 Å². The molecule has 0 unspecified atom stereocenters. The van der Waals surface area contributed by atoms with Crippen molar-refractivity contribution < 1.29 is 14.3 Å². The topological polar surface area (TPSA) is 78.3 Å². The normalized spacial score (nSPS) is 20.0. The zero-order chi connectivity index (χ0) is 16.0. The second-order valence-electron chi connectivity index (χ2n) is 6.07. The molecule has 2 heterocycles. The number of nitrogens with zero attached hydrogens (tertiary/aromatic N) is 2. The molecule has 1 aromatic carbocycles. The van der Waals surface area contributed by atoms with Gasteiger partial charge >= 0.3 is 5.97 Å². The molecule has 0 bridgehead atoms. The Bertz CT molecular complexity index is 884. The standard InChI is InChI=1S/C17H16N2O4/c20-13-3-1-4-14(13)23-17(22)10-6-7-11-12(9-10)18-15-5-2-8-19(15)16(11)21/h6-7,9,14H,1-5,8H2/t14-/m0/s1. The number of carbonyl (C=O) groups excluding carboxylic acids is 2. The van der Waals surface area contributed by atoms with Crippen LogP contribution in [0.2, 0.25) is 0 Å². The molecule has 1 saturated carbocycles. The number of hydrogen-bond donors (Lipinski definition) is 0. The van der Waals surface area contributed by atoms with Crippen molar-refractivity contribution in [2.45, 2.75) is 44.8 Å². The summed E-state index contributed by atoms with van der Waals surface area (Å²) in [5.41, 5.74) is 0.774. The highest BCUT2D eigenvalue weighted by Crippen LogP contribution is 2.21. The first kappa shape index (κ1) is 14.1. The summed E-state index contributed by atoms with van der Waals surface area (Å²) in [6, 6.07) is 4.76. The first-order valence-electron chi connectivity index (χ1n) is 7.90. The molecule has 4 rings (SSSR count). The lowest BCUT2D eigenvalue weighted by molar-refractivity contribution is -0.124. The quantitative estimate of drug-likeness (QED) is 0.787. The average Bonchev–Trinajstić information content (AvgIpc) is 3.16. The number of ketones is 1. The summed E-state index contributed by atoms with van der Waals surface area (Å²) in [4.78, 5) is 40.7. The first-order valence-corrected chi connectivity index (χ1v) is 7.90. The summed E-state index contributed by atoms with van der Waals surface area (Å²) >= 11 is 0. The molecule has 6 heteroatoms. The molecule has 2 aliphatic rings. The summed E-state index contributed by atoms with van der Waals surface area (Å²) < 4.78 is 6.97. The van der Waals surface area contributed by atoms with E-state index < -0.39 is 12.1 Å². The minimum Gasteiger partial charge on any atom is -0.451 e. The van der Waals surface area contributed by atoms with Gasteiger partial charge in [-0.05, 0) is 37.5 Å². The molecule has 0 amide bonds. The summed E-state index contributed by atoms with van der Waals surface area (Å²) in [5.74, 6) is 0.210. The molecule has 1 aliphatic heterocycles. The Balaban J connectivity index is 1.69. The van der Waals surface area contributed by atoms with E-state index in [2.05, 4.69) is 4.98 Å². The van der Waals surface area contributed by atoms with Crippen LogP contribution in [0.4, 0.5) is 0 Å². The second kappa shape index (κ2) is 5.30. The predicted molar refractivity (Wildman–Crippen MR) is 82.4 cm³/mol. The third-order valence-corrected chi connectivity index (χ3v) is 4.55. The number of rotatable bonds is 2. The molecular formula is C17H16N2O4. The monoisotopic (exact) mass is 312 g/mol. The average molecular weight is 312 g/mol. The van der Waals surface area contributed by atoms with Crippen molar-refractivity contribution >= 4 is 22.7 Å². The number of esters is 1. The Morgan fingerprint density at radius 2 is 2.09 bits per heavy atom. The molecule has 1 fully saturated rings. The van der Waals surface area contributed by atoms with Gasteiger partial charge < -0.3 is 4.74 Å². The van der Waals surface area contributed by atoms with Crippen molar-refractivity contribution in [3.63, 3.8) is 0 Å². The Kier molecular flexibility index (Phi) is 3.25. The van der Waals surface area contributed by atoms with Crippen molar-refractivity contribution in [2.24, 2.45) is 0 Å². The Morgan fingerprint density at radius 3 is 2.87 bits per heavy atom. The number of fused-ring (bicyclic) bond motifs is 2. The lowest BCUT2D eigenvalue weighted by atomic mass is 10.1. The van der Waals surface area contributed by atoms with Crippen molar-refractivity contribution in [3.8, 4) is 0 Å². The molecule has 23 heavy (non-hydrogen) atoms. The van der Waals surface area contributed by atoms with E-state index in [0.717, 1.165) is 25.1 Å². The van der Waals surface area contributed by atoms with E-state index in [-0.39, 0.29) is 11.3 Å². The van der Waals surface area contributed by atoms with Crippen LogP contribution in [0.3, 0.4) is 0 Å². The van der Waals surface area contributed by atoms with E-state index in [4.69, 9.17) is 4.74 Å². The van der Waals surface area contributed by atoms with Gasteiger partial charge in [0.15, 0.2) is 11.9 Å². The lowest BCUT2D eigenvalue weighted by Crippen LogP contribution is -2.23. The van der Waals surface area contributed by atoms with Gasteiger partial charge in [0.1, 0.15) is 5.82 Å². The third-order valence-electron chi connectivity index (χ3n) is 4.55. The number of carbonyl (C=O) groups is 2. The summed E-state index contributed by atoms with van der Waals surface area (Å²) in [6.45, 7) is 0.699. The van der Waals surface area contributed by atoms with Gasteiger partial charge in [-0.1, -0.05) is 0 Å². The molecule has 1 aliphatic carbocycles. The molecule has 0 radical (unpaired) electrons. The fraction of sp³-hybridized carbons (Fsp3) is 0.412. The zero-order valence-electron chi connectivity index (χ0n) is 12.6. The number of aryl methyl sites for hydroxylation is 1. The highest BCUT2D eigenvalue weighted by molar-refractivity contribution is 5.96. The van der Waals surface area contributed by atoms with Crippen molar-refractivity contribution in [1.82, 2.24) is 9.55 Å². The van der Waals surface area contributed by atoms with Crippen molar-refractivity contribution in [3.05, 3.63) is 39.9 Å². The second-order valence-corrected chi connectivity index (χ2v) is 6.07. The van der Waals surface area contributed by atoms with E-state index in [9.17, 15) is 14.4 Å². The SMILES string of the molecule is O=C(O[C@H]1CCCC1=O)c1ccc2c(=O)n3c(nc2c1)CCC3. The van der Waals surface area contributed by atoms with Gasteiger partial charge in [0.05, 0.1) is 16.5 Å². The van der Waals surface area contributed by atoms with Crippen LogP contribution >= 0.6 is 0 Å². The smallest absolute Gasteiger partial charge is 0.338 e. The molecule has 1 atom stereocenters. The number of ether oxygens (including phenoxy) is 1. The molecule has 0 spiro atoms. The minimum atomic E-state index is -0.628. The van der Waals surface area contributed by atoms with E-state index in [0.29, 0.717) is 35.9 Å². The number of hydrogen-bond acceptors (Lipinski definition) is 5. The third kappa shape index (κ3) is 2.34. The maximum Gasteiger partial charge on any atom is 0.338 e. The largest absolute Gasteiger partial charge is 0.451 e. The summed E-state index contributed by atoms with van der Waals surface area (Å²) in [6.07, 6.45) is 2.88. The van der Waals surface area contributed by atoms with Gasteiger partial charge in [0.2, 0.25) is 0 Å². The minimum absolute atomic E-state index is 0.0201. The van der Waals surface area contributed by atoms with E-state index in [1.165, 1.54) is 0 Å². The van der Waals surface area contributed by atoms with Gasteiger partial charge in [-0.2, -0.15) is 0 Å². The predicted octanol–water partition coefficient (Wildman–Crippen LogP) is 1.62. The van der Waals surface area contributed by atoms with Crippen LogP contribution in [0.15, 0.2) is 23.0 Å². The number of aromatic nitrogens is 2. The zero-order valence-corrected chi connectivity index (χ0v) is 12.6. The van der Waals surface area contributed by atoms with Crippen LogP contribution in [0, 0.1) is 0 Å². The fourth-order valence-electron chi connectivity index (χ4n) is 3.32. The van der Waals surface area contributed by atoms with Gasteiger partial charge in [-0.3, -0.25) is 14.2 Å².